The van der Waals surface area contributed by atoms with Crippen LogP contribution in [0, 0.1) is 0 Å². The number of carbonyl (C=O) groups is 2. The second kappa shape index (κ2) is 59.3. The van der Waals surface area contributed by atoms with E-state index in [4.69, 9.17) is 14.2 Å². The highest BCUT2D eigenvalue weighted by atomic mass is 16.6. The average Bonchev–Trinajstić information content (AvgIpc) is 3.36. The van der Waals surface area contributed by atoms with Crippen LogP contribution in [0.1, 0.15) is 239 Å². The van der Waals surface area contributed by atoms with E-state index >= 15 is 0 Å². The second-order valence-corrected chi connectivity index (χ2v) is 18.5. The largest absolute Gasteiger partial charge is 0.462 e. The normalized spacial score (nSPS) is 13.2. The van der Waals surface area contributed by atoms with E-state index in [9.17, 15) is 9.59 Å². The van der Waals surface area contributed by atoms with E-state index < -0.39 is 6.10 Å². The summed E-state index contributed by atoms with van der Waals surface area (Å²) in [5, 5.41) is 0. The van der Waals surface area contributed by atoms with Gasteiger partial charge in [-0.15, -0.1) is 0 Å². The van der Waals surface area contributed by atoms with Gasteiger partial charge < -0.3 is 14.2 Å². The minimum absolute atomic E-state index is 0.0164. The van der Waals surface area contributed by atoms with Crippen LogP contribution >= 0.6 is 0 Å². The van der Waals surface area contributed by atoms with Gasteiger partial charge in [0, 0.05) is 13.0 Å². The molecule has 0 amide bonds. The molecular weight excluding hydrogens is 861 g/mol. The van der Waals surface area contributed by atoms with Crippen LogP contribution in [0.4, 0.5) is 0 Å². The topological polar surface area (TPSA) is 61.8 Å². The summed E-state index contributed by atoms with van der Waals surface area (Å²) >= 11 is 0. The Hall–Kier alpha value is -3.96. The maximum absolute atomic E-state index is 12.8. The third kappa shape index (κ3) is 56.6. The molecule has 0 rings (SSSR count). The van der Waals surface area contributed by atoms with Crippen LogP contribution in [0.2, 0.25) is 0 Å². The lowest BCUT2D eigenvalue weighted by Crippen LogP contribution is -2.29. The number of hydrogen-bond donors (Lipinski definition) is 0. The van der Waals surface area contributed by atoms with E-state index in [0.717, 1.165) is 103 Å². The van der Waals surface area contributed by atoms with Crippen molar-refractivity contribution in [3.05, 3.63) is 134 Å². The first kappa shape index (κ1) is 66.0. The molecule has 5 heteroatoms. The molecule has 0 radical (unpaired) electrons. The summed E-state index contributed by atoms with van der Waals surface area (Å²) in [5.74, 6) is -0.577. The molecule has 1 atom stereocenters. The Labute approximate surface area is 432 Å². The van der Waals surface area contributed by atoms with E-state index in [1.165, 1.54) is 103 Å². The highest BCUT2D eigenvalue weighted by Crippen LogP contribution is 2.15. The minimum atomic E-state index is -0.629. The van der Waals surface area contributed by atoms with Gasteiger partial charge in [0.2, 0.25) is 0 Å². The molecule has 0 N–H and O–H groups in total. The number of ether oxygens (including phenoxy) is 3. The highest BCUT2D eigenvalue weighted by molar-refractivity contribution is 5.71. The van der Waals surface area contributed by atoms with Crippen LogP contribution in [0.15, 0.2) is 134 Å². The van der Waals surface area contributed by atoms with Crippen molar-refractivity contribution in [3.63, 3.8) is 0 Å². The lowest BCUT2D eigenvalue weighted by Gasteiger charge is -2.18. The van der Waals surface area contributed by atoms with Crippen molar-refractivity contribution in [1.82, 2.24) is 0 Å². The van der Waals surface area contributed by atoms with Crippen molar-refractivity contribution in [3.8, 4) is 0 Å². The molecule has 0 bridgehead atoms. The summed E-state index contributed by atoms with van der Waals surface area (Å²) in [6.45, 7) is 7.36. The molecule has 0 aromatic heterocycles. The monoisotopic (exact) mass is 967 g/mol. The second-order valence-electron chi connectivity index (χ2n) is 18.5. The first-order chi connectivity index (χ1) is 34.6. The first-order valence-corrected chi connectivity index (χ1v) is 28.7. The van der Waals surface area contributed by atoms with Gasteiger partial charge in [0.1, 0.15) is 6.61 Å². The van der Waals surface area contributed by atoms with E-state index in [1.54, 1.807) is 0 Å². The van der Waals surface area contributed by atoms with Gasteiger partial charge in [-0.1, -0.05) is 270 Å². The fourth-order valence-corrected chi connectivity index (χ4v) is 7.54. The van der Waals surface area contributed by atoms with Gasteiger partial charge in [-0.25, -0.2) is 0 Å². The number of rotatable bonds is 51. The summed E-state index contributed by atoms with van der Waals surface area (Å²) in [5.41, 5.74) is 0. The Kier molecular flexibility index (Phi) is 56.0. The SMILES string of the molecule is CC/C=C\C/C=C\C/C=C\C/C=C\C/C=C\C/C=C\CCCOCC(COC(=O)CCCCCCCCCCCCCCCCCCCCC)OC(=O)C/C=C\C/C=C\C/C=C\C/C=C\C/C=C\CC. The van der Waals surface area contributed by atoms with Gasteiger partial charge in [-0.2, -0.15) is 0 Å². The number of unbranched alkanes of at least 4 members (excludes halogenated alkanes) is 19. The summed E-state index contributed by atoms with van der Waals surface area (Å²) in [4.78, 5) is 25.5. The average molecular weight is 968 g/mol. The molecule has 70 heavy (non-hydrogen) atoms. The smallest absolute Gasteiger partial charge is 0.310 e. The molecule has 5 nitrogen and oxygen atoms in total. The van der Waals surface area contributed by atoms with Crippen molar-refractivity contribution in [2.24, 2.45) is 0 Å². The van der Waals surface area contributed by atoms with Gasteiger partial charge >= 0.3 is 11.9 Å². The maximum atomic E-state index is 12.8. The molecule has 0 fully saturated rings. The Morgan fingerprint density at radius 2 is 0.671 bits per heavy atom. The van der Waals surface area contributed by atoms with Gasteiger partial charge in [-0.3, -0.25) is 9.59 Å². The third-order valence-corrected chi connectivity index (χ3v) is 11.7. The zero-order valence-electron chi connectivity index (χ0n) is 45.5. The fourth-order valence-electron chi connectivity index (χ4n) is 7.54. The Balaban J connectivity index is 4.46. The Morgan fingerprint density at radius 1 is 0.343 bits per heavy atom. The minimum Gasteiger partial charge on any atom is -0.462 e. The Morgan fingerprint density at radius 3 is 1.04 bits per heavy atom. The van der Waals surface area contributed by atoms with E-state index in [0.29, 0.717) is 13.0 Å². The lowest BCUT2D eigenvalue weighted by molar-refractivity contribution is -0.162. The van der Waals surface area contributed by atoms with Gasteiger partial charge in [0.25, 0.3) is 0 Å². The Bertz CT molecular complexity index is 1470. The van der Waals surface area contributed by atoms with Crippen LogP contribution in [0.5, 0.6) is 0 Å². The number of allylic oxidation sites excluding steroid dienone is 21. The summed E-state index contributed by atoms with van der Waals surface area (Å²) < 4.78 is 17.3. The van der Waals surface area contributed by atoms with Crippen LogP contribution in [0.25, 0.3) is 0 Å². The molecule has 0 aromatic rings. The van der Waals surface area contributed by atoms with Crippen molar-refractivity contribution >= 4 is 11.9 Å². The quantitative estimate of drug-likeness (QED) is 0.0345. The van der Waals surface area contributed by atoms with Crippen molar-refractivity contribution < 1.29 is 23.8 Å². The molecule has 0 aliphatic heterocycles. The third-order valence-electron chi connectivity index (χ3n) is 11.7. The summed E-state index contributed by atoms with van der Waals surface area (Å²) in [6.07, 6.45) is 85.2. The predicted octanol–water partition coefficient (Wildman–Crippen LogP) is 19.9. The number of hydrogen-bond acceptors (Lipinski definition) is 5. The van der Waals surface area contributed by atoms with Crippen LogP contribution < -0.4 is 0 Å². The zero-order valence-corrected chi connectivity index (χ0v) is 45.5. The zero-order chi connectivity index (χ0) is 50.6. The molecule has 0 aromatic carbocycles. The molecular formula is C65H106O5. The van der Waals surface area contributed by atoms with Gasteiger partial charge in [-0.05, 0) is 89.9 Å². The van der Waals surface area contributed by atoms with E-state index in [1.807, 2.05) is 12.2 Å². The molecule has 0 saturated heterocycles. The molecule has 0 aliphatic rings. The standard InChI is InChI=1S/C65H106O5/c1-4-7-10-13-16-19-22-25-28-30-32-34-36-39-42-45-48-51-54-57-60-68-61-63(70-65(67)59-56-53-50-47-44-41-37-27-24-21-18-15-12-9-6-3)62-69-64(66)58-55-52-49-46-43-40-38-35-33-31-29-26-23-20-17-14-11-8-5-2/h7,9-10,12,16,18-19,21,25,27-28,32,34,37,39,42,44,47-48,51,53,56,63H,4-6,8,11,13-15,17,20,22-24,26,29-31,33,35-36,38,40-41,43,45-46,49-50,52,54-55,57-62H2,1-3H3/b10-7-,12-9-,19-16-,21-18-,28-25-,34-32-,37-27-,42-39-,47-44-,51-48-,56-53-. The van der Waals surface area contributed by atoms with Crippen LogP contribution in [-0.4, -0.2) is 37.9 Å². The summed E-state index contributed by atoms with van der Waals surface area (Å²) in [7, 11) is 0. The summed E-state index contributed by atoms with van der Waals surface area (Å²) in [6, 6.07) is 0. The maximum Gasteiger partial charge on any atom is 0.310 e. The number of carbonyl (C=O) groups excluding carboxylic acids is 2. The van der Waals surface area contributed by atoms with E-state index in [2.05, 4.69) is 142 Å². The van der Waals surface area contributed by atoms with Crippen molar-refractivity contribution in [2.45, 2.75) is 245 Å². The molecule has 396 valence electrons. The van der Waals surface area contributed by atoms with Gasteiger partial charge in [0.05, 0.1) is 13.0 Å². The van der Waals surface area contributed by atoms with Gasteiger partial charge in [0.15, 0.2) is 6.10 Å². The lowest BCUT2D eigenvalue weighted by atomic mass is 10.0. The molecule has 0 heterocycles. The van der Waals surface area contributed by atoms with Crippen molar-refractivity contribution in [2.75, 3.05) is 19.8 Å². The highest BCUT2D eigenvalue weighted by Gasteiger charge is 2.17. The van der Waals surface area contributed by atoms with E-state index in [-0.39, 0.29) is 31.6 Å². The first-order valence-electron chi connectivity index (χ1n) is 28.7. The van der Waals surface area contributed by atoms with Crippen molar-refractivity contribution in [1.29, 1.82) is 0 Å². The molecule has 0 spiro atoms. The fraction of sp³-hybridized carbons (Fsp3) is 0.631. The molecule has 0 aliphatic carbocycles. The predicted molar refractivity (Wildman–Crippen MR) is 306 cm³/mol. The van der Waals surface area contributed by atoms with Crippen LogP contribution in [-0.2, 0) is 23.8 Å². The number of esters is 2. The van der Waals surface area contributed by atoms with Crippen LogP contribution in [0.3, 0.4) is 0 Å². The molecule has 0 saturated carbocycles. The molecule has 1 unspecified atom stereocenters.